The van der Waals surface area contributed by atoms with Crippen molar-refractivity contribution in [3.63, 3.8) is 0 Å². The molecule has 6 heteroatoms. The quantitative estimate of drug-likeness (QED) is 0.659. The highest BCUT2D eigenvalue weighted by Gasteiger charge is 2.17. The number of nitrogens with one attached hydrogen (secondary N) is 1. The summed E-state index contributed by atoms with van der Waals surface area (Å²) < 4.78 is 5.78. The minimum atomic E-state index is 0.173. The zero-order chi connectivity index (χ0) is 16.7. The second-order valence-electron chi connectivity index (χ2n) is 5.93. The standard InChI is InChI=1S/C17H27ClN4O/c1-4-19-17(20-11-16-13-21(2)9-10-23-16)22(3)12-14-5-7-15(18)8-6-14/h5-8,16H,4,9-13H2,1-3H3,(H,19,20). The molecule has 1 aliphatic heterocycles. The topological polar surface area (TPSA) is 40.1 Å². The number of hydrogen-bond acceptors (Lipinski definition) is 3. The lowest BCUT2D eigenvalue weighted by molar-refractivity contribution is -0.0137. The van der Waals surface area contributed by atoms with Crippen LogP contribution < -0.4 is 5.32 Å². The van der Waals surface area contributed by atoms with E-state index in [0.29, 0.717) is 6.54 Å². The number of aliphatic imine (C=N–C) groups is 1. The molecule has 1 N–H and O–H groups in total. The molecule has 128 valence electrons. The predicted molar refractivity (Wildman–Crippen MR) is 96.1 cm³/mol. The molecule has 0 saturated carbocycles. The third-order valence-electron chi connectivity index (χ3n) is 3.82. The number of hydrogen-bond donors (Lipinski definition) is 1. The van der Waals surface area contributed by atoms with Crippen molar-refractivity contribution in [2.75, 3.05) is 46.9 Å². The molecule has 1 saturated heterocycles. The fourth-order valence-corrected chi connectivity index (χ4v) is 2.70. The molecule has 0 spiro atoms. The molecular formula is C17H27ClN4O. The van der Waals surface area contributed by atoms with Gasteiger partial charge < -0.3 is 19.9 Å². The summed E-state index contributed by atoms with van der Waals surface area (Å²) >= 11 is 5.94. The van der Waals surface area contributed by atoms with Gasteiger partial charge in [-0.1, -0.05) is 23.7 Å². The summed E-state index contributed by atoms with van der Waals surface area (Å²) in [6.45, 7) is 7.10. The number of ether oxygens (including phenoxy) is 1. The van der Waals surface area contributed by atoms with Gasteiger partial charge in [0.1, 0.15) is 0 Å². The Hall–Kier alpha value is -1.30. The Morgan fingerprint density at radius 1 is 1.43 bits per heavy atom. The molecule has 5 nitrogen and oxygen atoms in total. The number of rotatable bonds is 5. The van der Waals surface area contributed by atoms with E-state index in [0.717, 1.165) is 43.8 Å². The molecule has 1 fully saturated rings. The van der Waals surface area contributed by atoms with Gasteiger partial charge in [-0.25, -0.2) is 0 Å². The van der Waals surface area contributed by atoms with Crippen molar-refractivity contribution in [3.05, 3.63) is 34.9 Å². The van der Waals surface area contributed by atoms with Crippen LogP contribution in [-0.4, -0.2) is 68.7 Å². The fourth-order valence-electron chi connectivity index (χ4n) is 2.57. The summed E-state index contributed by atoms with van der Waals surface area (Å²) in [4.78, 5) is 9.15. The molecule has 0 bridgehead atoms. The summed E-state index contributed by atoms with van der Waals surface area (Å²) in [6, 6.07) is 7.92. The van der Waals surface area contributed by atoms with Crippen LogP contribution in [0.3, 0.4) is 0 Å². The van der Waals surface area contributed by atoms with Gasteiger partial charge in [-0.05, 0) is 31.7 Å². The summed E-state index contributed by atoms with van der Waals surface area (Å²) in [5.74, 6) is 0.902. The van der Waals surface area contributed by atoms with Gasteiger partial charge in [0.15, 0.2) is 5.96 Å². The Kier molecular flexibility index (Phi) is 7.15. The van der Waals surface area contributed by atoms with E-state index in [2.05, 4.69) is 29.1 Å². The van der Waals surface area contributed by atoms with Crippen molar-refractivity contribution in [1.82, 2.24) is 15.1 Å². The maximum Gasteiger partial charge on any atom is 0.194 e. The minimum absolute atomic E-state index is 0.173. The molecule has 1 aliphatic rings. The average molecular weight is 339 g/mol. The lowest BCUT2D eigenvalue weighted by Gasteiger charge is -2.29. The third-order valence-corrected chi connectivity index (χ3v) is 4.07. The SMILES string of the molecule is CCNC(=NCC1CN(C)CCO1)N(C)Cc1ccc(Cl)cc1. The van der Waals surface area contributed by atoms with Crippen molar-refractivity contribution < 1.29 is 4.74 Å². The first-order valence-electron chi connectivity index (χ1n) is 8.12. The molecule has 0 aliphatic carbocycles. The van der Waals surface area contributed by atoms with E-state index in [1.54, 1.807) is 0 Å². The zero-order valence-corrected chi connectivity index (χ0v) is 15.0. The van der Waals surface area contributed by atoms with Gasteiger partial charge in [0.05, 0.1) is 19.3 Å². The van der Waals surface area contributed by atoms with Crippen LogP contribution in [0, 0.1) is 0 Å². The molecule has 2 rings (SSSR count). The van der Waals surface area contributed by atoms with Gasteiger partial charge in [-0.2, -0.15) is 0 Å². The molecule has 1 aromatic carbocycles. The highest BCUT2D eigenvalue weighted by Crippen LogP contribution is 2.11. The summed E-state index contributed by atoms with van der Waals surface area (Å²) in [5, 5.41) is 4.11. The van der Waals surface area contributed by atoms with Gasteiger partial charge in [-0.15, -0.1) is 0 Å². The fraction of sp³-hybridized carbons (Fsp3) is 0.588. The number of halogens is 1. The van der Waals surface area contributed by atoms with Crippen LogP contribution in [0.15, 0.2) is 29.3 Å². The van der Waals surface area contributed by atoms with Crippen LogP contribution in [0.5, 0.6) is 0 Å². The molecule has 1 atom stereocenters. The Labute approximate surface area is 144 Å². The lowest BCUT2D eigenvalue weighted by Crippen LogP contribution is -2.43. The Balaban J connectivity index is 1.95. The van der Waals surface area contributed by atoms with Gasteiger partial charge in [-0.3, -0.25) is 4.99 Å². The van der Waals surface area contributed by atoms with Crippen LogP contribution >= 0.6 is 11.6 Å². The first kappa shape index (κ1) is 18.0. The van der Waals surface area contributed by atoms with E-state index in [9.17, 15) is 0 Å². The van der Waals surface area contributed by atoms with Crippen LogP contribution in [0.1, 0.15) is 12.5 Å². The van der Waals surface area contributed by atoms with Gasteiger partial charge in [0.2, 0.25) is 0 Å². The number of guanidine groups is 1. The van der Waals surface area contributed by atoms with E-state index in [1.807, 2.05) is 31.3 Å². The van der Waals surface area contributed by atoms with Crippen LogP contribution in [0.4, 0.5) is 0 Å². The van der Waals surface area contributed by atoms with Crippen molar-refractivity contribution in [1.29, 1.82) is 0 Å². The molecule has 1 aromatic rings. The number of likely N-dealkylation sites (N-methyl/N-ethyl adjacent to an activating group) is 1. The molecule has 0 amide bonds. The highest BCUT2D eigenvalue weighted by atomic mass is 35.5. The molecular weight excluding hydrogens is 312 g/mol. The normalized spacial score (nSPS) is 19.7. The van der Waals surface area contributed by atoms with Crippen LogP contribution in [0.2, 0.25) is 5.02 Å². The second-order valence-corrected chi connectivity index (χ2v) is 6.37. The maximum absolute atomic E-state index is 5.94. The van der Waals surface area contributed by atoms with Crippen molar-refractivity contribution >= 4 is 17.6 Å². The third kappa shape index (κ3) is 6.01. The first-order valence-corrected chi connectivity index (χ1v) is 8.50. The smallest absolute Gasteiger partial charge is 0.194 e. The van der Waals surface area contributed by atoms with E-state index in [-0.39, 0.29) is 6.10 Å². The Morgan fingerprint density at radius 3 is 2.83 bits per heavy atom. The van der Waals surface area contributed by atoms with E-state index in [4.69, 9.17) is 21.3 Å². The monoisotopic (exact) mass is 338 g/mol. The van der Waals surface area contributed by atoms with Crippen molar-refractivity contribution in [2.45, 2.75) is 19.6 Å². The van der Waals surface area contributed by atoms with Gasteiger partial charge in [0, 0.05) is 38.2 Å². The lowest BCUT2D eigenvalue weighted by atomic mass is 10.2. The summed E-state index contributed by atoms with van der Waals surface area (Å²) in [5.41, 5.74) is 1.20. The zero-order valence-electron chi connectivity index (χ0n) is 14.3. The molecule has 1 unspecified atom stereocenters. The van der Waals surface area contributed by atoms with Crippen LogP contribution in [0.25, 0.3) is 0 Å². The highest BCUT2D eigenvalue weighted by molar-refractivity contribution is 6.30. The second kappa shape index (κ2) is 9.11. The van der Waals surface area contributed by atoms with E-state index < -0.39 is 0 Å². The maximum atomic E-state index is 5.94. The Morgan fingerprint density at radius 2 is 2.17 bits per heavy atom. The summed E-state index contributed by atoms with van der Waals surface area (Å²) in [6.07, 6.45) is 0.173. The van der Waals surface area contributed by atoms with Crippen molar-refractivity contribution in [3.8, 4) is 0 Å². The summed E-state index contributed by atoms with van der Waals surface area (Å²) in [7, 11) is 4.17. The molecule has 23 heavy (non-hydrogen) atoms. The number of nitrogens with zero attached hydrogens (tertiary/aromatic N) is 3. The molecule has 0 aromatic heterocycles. The van der Waals surface area contributed by atoms with Gasteiger partial charge in [0.25, 0.3) is 0 Å². The van der Waals surface area contributed by atoms with Crippen molar-refractivity contribution in [2.24, 2.45) is 4.99 Å². The number of benzene rings is 1. The van der Waals surface area contributed by atoms with Gasteiger partial charge >= 0.3 is 0 Å². The van der Waals surface area contributed by atoms with E-state index >= 15 is 0 Å². The minimum Gasteiger partial charge on any atom is -0.374 e. The average Bonchev–Trinajstić information content (AvgIpc) is 2.53. The predicted octanol–water partition coefficient (Wildman–Crippen LogP) is 2.07. The Bertz CT molecular complexity index is 506. The molecule has 0 radical (unpaired) electrons. The van der Waals surface area contributed by atoms with Crippen LogP contribution in [-0.2, 0) is 11.3 Å². The largest absolute Gasteiger partial charge is 0.374 e. The van der Waals surface area contributed by atoms with E-state index in [1.165, 1.54) is 5.56 Å². The first-order chi connectivity index (χ1) is 11.1. The number of morpholine rings is 1. The molecule has 1 heterocycles.